The van der Waals surface area contributed by atoms with Gasteiger partial charge in [-0.25, -0.2) is 14.8 Å². The number of carbonyl (C=O) groups excluding carboxylic acids is 1. The fraction of sp³-hybridized carbons (Fsp3) is 0.273. The van der Waals surface area contributed by atoms with Gasteiger partial charge in [0.2, 0.25) is 5.89 Å². The van der Waals surface area contributed by atoms with Gasteiger partial charge in [0, 0.05) is 12.4 Å². The SMILES string of the molecule is CCOC(=O)c1nc(-c2cnccn2)oc1C. The number of nitrogens with zero attached hydrogens (tertiary/aromatic N) is 3. The lowest BCUT2D eigenvalue weighted by Gasteiger charge is -1.96. The lowest BCUT2D eigenvalue weighted by atomic mass is 10.4. The van der Waals surface area contributed by atoms with Gasteiger partial charge in [0.1, 0.15) is 11.5 Å². The summed E-state index contributed by atoms with van der Waals surface area (Å²) in [6, 6.07) is 0. The van der Waals surface area contributed by atoms with E-state index in [9.17, 15) is 4.79 Å². The Morgan fingerprint density at radius 3 is 2.94 bits per heavy atom. The van der Waals surface area contributed by atoms with Crippen LogP contribution in [0, 0.1) is 6.92 Å². The Bertz CT molecular complexity index is 522. The normalized spacial score (nSPS) is 10.2. The highest BCUT2D eigenvalue weighted by Gasteiger charge is 2.19. The first-order valence-electron chi connectivity index (χ1n) is 5.13. The van der Waals surface area contributed by atoms with Crippen LogP contribution in [0.5, 0.6) is 0 Å². The Balaban J connectivity index is 2.34. The molecule has 0 aliphatic rings. The second-order valence-electron chi connectivity index (χ2n) is 3.23. The Labute approximate surface area is 97.7 Å². The molecule has 0 saturated heterocycles. The summed E-state index contributed by atoms with van der Waals surface area (Å²) in [7, 11) is 0. The molecular weight excluding hydrogens is 222 g/mol. The molecule has 6 nitrogen and oxygen atoms in total. The van der Waals surface area contributed by atoms with E-state index in [0.717, 1.165) is 0 Å². The van der Waals surface area contributed by atoms with Gasteiger partial charge in [-0.15, -0.1) is 0 Å². The summed E-state index contributed by atoms with van der Waals surface area (Å²) < 4.78 is 10.2. The maximum absolute atomic E-state index is 11.5. The van der Waals surface area contributed by atoms with Gasteiger partial charge in [0.25, 0.3) is 0 Å². The van der Waals surface area contributed by atoms with Crippen LogP contribution in [-0.2, 0) is 4.74 Å². The van der Waals surface area contributed by atoms with E-state index in [0.29, 0.717) is 18.1 Å². The van der Waals surface area contributed by atoms with Crippen LogP contribution < -0.4 is 0 Å². The quantitative estimate of drug-likeness (QED) is 0.749. The van der Waals surface area contributed by atoms with Crippen molar-refractivity contribution in [3.8, 4) is 11.6 Å². The molecule has 0 aliphatic heterocycles. The van der Waals surface area contributed by atoms with Gasteiger partial charge in [-0.3, -0.25) is 4.98 Å². The summed E-state index contributed by atoms with van der Waals surface area (Å²) in [6.45, 7) is 3.68. The summed E-state index contributed by atoms with van der Waals surface area (Å²) in [5.74, 6) is 0.173. The van der Waals surface area contributed by atoms with Gasteiger partial charge in [0.05, 0.1) is 12.8 Å². The Morgan fingerprint density at radius 1 is 1.47 bits per heavy atom. The third kappa shape index (κ3) is 2.30. The van der Waals surface area contributed by atoms with E-state index in [1.54, 1.807) is 20.0 Å². The second kappa shape index (κ2) is 4.73. The highest BCUT2D eigenvalue weighted by Crippen LogP contribution is 2.19. The maximum atomic E-state index is 11.5. The Kier molecular flexibility index (Phi) is 3.13. The molecule has 2 heterocycles. The second-order valence-corrected chi connectivity index (χ2v) is 3.23. The van der Waals surface area contributed by atoms with Gasteiger partial charge >= 0.3 is 5.97 Å². The number of aryl methyl sites for hydroxylation is 1. The molecular formula is C11H11N3O3. The van der Waals surface area contributed by atoms with Crippen LogP contribution in [0.3, 0.4) is 0 Å². The molecule has 0 fully saturated rings. The lowest BCUT2D eigenvalue weighted by Crippen LogP contribution is -2.06. The lowest BCUT2D eigenvalue weighted by molar-refractivity contribution is 0.0518. The minimum atomic E-state index is -0.496. The van der Waals surface area contributed by atoms with Crippen molar-refractivity contribution >= 4 is 5.97 Å². The fourth-order valence-electron chi connectivity index (χ4n) is 1.30. The molecule has 2 rings (SSSR count). The summed E-state index contributed by atoms with van der Waals surface area (Å²) in [5.41, 5.74) is 0.652. The van der Waals surface area contributed by atoms with Gasteiger partial charge in [-0.1, -0.05) is 0 Å². The average molecular weight is 233 g/mol. The molecule has 0 aromatic carbocycles. The summed E-state index contributed by atoms with van der Waals surface area (Å²) >= 11 is 0. The molecule has 0 saturated carbocycles. The number of rotatable bonds is 3. The number of oxazole rings is 1. The maximum Gasteiger partial charge on any atom is 0.360 e. The molecule has 0 atom stereocenters. The molecule has 88 valence electrons. The minimum absolute atomic E-state index is 0.174. The molecule has 6 heteroatoms. The monoisotopic (exact) mass is 233 g/mol. The molecule has 0 amide bonds. The van der Waals surface area contributed by atoms with Crippen LogP contribution >= 0.6 is 0 Å². The van der Waals surface area contributed by atoms with Gasteiger partial charge in [-0.05, 0) is 13.8 Å². The highest BCUT2D eigenvalue weighted by atomic mass is 16.5. The van der Waals surface area contributed by atoms with Crippen LogP contribution in [0.1, 0.15) is 23.2 Å². The minimum Gasteiger partial charge on any atom is -0.461 e. The van der Waals surface area contributed by atoms with Crippen LogP contribution in [0.4, 0.5) is 0 Å². The molecule has 2 aromatic rings. The number of hydrogen-bond acceptors (Lipinski definition) is 6. The van der Waals surface area contributed by atoms with Crippen LogP contribution in [-0.4, -0.2) is 27.5 Å². The Morgan fingerprint density at radius 2 is 2.29 bits per heavy atom. The smallest absolute Gasteiger partial charge is 0.360 e. The highest BCUT2D eigenvalue weighted by molar-refractivity contribution is 5.88. The largest absolute Gasteiger partial charge is 0.461 e. The van der Waals surface area contributed by atoms with Crippen LogP contribution in [0.15, 0.2) is 23.0 Å². The number of esters is 1. The van der Waals surface area contributed by atoms with Crippen molar-refractivity contribution in [3.05, 3.63) is 30.0 Å². The number of ether oxygens (including phenoxy) is 1. The number of carbonyl (C=O) groups is 1. The van der Waals surface area contributed by atoms with Crippen molar-refractivity contribution in [2.24, 2.45) is 0 Å². The summed E-state index contributed by atoms with van der Waals surface area (Å²) in [6.07, 6.45) is 4.59. The van der Waals surface area contributed by atoms with Crippen molar-refractivity contribution < 1.29 is 13.9 Å². The standard InChI is InChI=1S/C11H11N3O3/c1-3-16-11(15)9-7(2)17-10(14-9)8-6-12-4-5-13-8/h4-6H,3H2,1-2H3. The summed E-state index contributed by atoms with van der Waals surface area (Å²) in [4.78, 5) is 23.5. The molecule has 0 radical (unpaired) electrons. The van der Waals surface area contributed by atoms with Gasteiger partial charge in [0.15, 0.2) is 5.69 Å². The molecule has 2 aromatic heterocycles. The van der Waals surface area contributed by atoms with E-state index in [1.807, 2.05) is 0 Å². The predicted octanol–water partition coefficient (Wildman–Crippen LogP) is 1.62. The van der Waals surface area contributed by atoms with Crippen LogP contribution in [0.2, 0.25) is 0 Å². The molecule has 0 unspecified atom stereocenters. The predicted molar refractivity (Wildman–Crippen MR) is 58.2 cm³/mol. The zero-order valence-corrected chi connectivity index (χ0v) is 9.51. The van der Waals surface area contributed by atoms with E-state index >= 15 is 0 Å². The molecule has 0 bridgehead atoms. The first kappa shape index (κ1) is 11.3. The van der Waals surface area contributed by atoms with E-state index in [-0.39, 0.29) is 11.6 Å². The number of hydrogen-bond donors (Lipinski definition) is 0. The van der Waals surface area contributed by atoms with E-state index in [2.05, 4.69) is 15.0 Å². The molecule has 0 spiro atoms. The third-order valence-corrected chi connectivity index (χ3v) is 2.05. The van der Waals surface area contributed by atoms with E-state index in [4.69, 9.17) is 9.15 Å². The third-order valence-electron chi connectivity index (χ3n) is 2.05. The fourth-order valence-corrected chi connectivity index (χ4v) is 1.30. The molecule has 0 aliphatic carbocycles. The summed E-state index contributed by atoms with van der Waals surface area (Å²) in [5, 5.41) is 0. The Hall–Kier alpha value is -2.24. The van der Waals surface area contributed by atoms with Gasteiger partial charge < -0.3 is 9.15 Å². The topological polar surface area (TPSA) is 78.1 Å². The average Bonchev–Trinajstić information content (AvgIpc) is 2.73. The van der Waals surface area contributed by atoms with Crippen molar-refractivity contribution in [3.63, 3.8) is 0 Å². The molecule has 17 heavy (non-hydrogen) atoms. The van der Waals surface area contributed by atoms with Crippen LogP contribution in [0.25, 0.3) is 11.6 Å². The first-order valence-corrected chi connectivity index (χ1v) is 5.13. The van der Waals surface area contributed by atoms with Gasteiger partial charge in [-0.2, -0.15) is 0 Å². The zero-order chi connectivity index (χ0) is 12.3. The van der Waals surface area contributed by atoms with Crippen molar-refractivity contribution in [1.82, 2.24) is 15.0 Å². The van der Waals surface area contributed by atoms with Crippen molar-refractivity contribution in [2.75, 3.05) is 6.61 Å². The van der Waals surface area contributed by atoms with E-state index < -0.39 is 5.97 Å². The van der Waals surface area contributed by atoms with Crippen molar-refractivity contribution in [2.45, 2.75) is 13.8 Å². The number of aromatic nitrogens is 3. The molecule has 0 N–H and O–H groups in total. The first-order chi connectivity index (χ1) is 8.22. The van der Waals surface area contributed by atoms with Crippen molar-refractivity contribution in [1.29, 1.82) is 0 Å². The zero-order valence-electron chi connectivity index (χ0n) is 9.51. The van der Waals surface area contributed by atoms with E-state index in [1.165, 1.54) is 12.4 Å².